The molecular formula is C17H18FN3O2S. The van der Waals surface area contributed by atoms with Gasteiger partial charge in [-0.3, -0.25) is 14.8 Å². The Morgan fingerprint density at radius 2 is 2.12 bits per heavy atom. The Labute approximate surface area is 143 Å². The van der Waals surface area contributed by atoms with Crippen molar-refractivity contribution in [2.24, 2.45) is 0 Å². The van der Waals surface area contributed by atoms with Crippen molar-refractivity contribution in [3.8, 4) is 0 Å². The highest BCUT2D eigenvalue weighted by Gasteiger charge is 2.40. The minimum atomic E-state index is -0.571. The standard InChI is InChI=1S/C17H18FN3O2S/c18-13-8-15-14(19-3-4-20-15)7-12(13)16(22)21-11-1-5-23-17(9-11)2-6-24-10-17/h3-4,7-8,11H,1-2,5-6,9-10H2,(H,21,22). The lowest BCUT2D eigenvalue weighted by Gasteiger charge is -2.38. The van der Waals surface area contributed by atoms with E-state index in [9.17, 15) is 9.18 Å². The molecule has 1 aromatic carbocycles. The van der Waals surface area contributed by atoms with Gasteiger partial charge in [-0.1, -0.05) is 0 Å². The molecule has 5 nitrogen and oxygen atoms in total. The molecule has 24 heavy (non-hydrogen) atoms. The van der Waals surface area contributed by atoms with Crippen LogP contribution in [0.3, 0.4) is 0 Å². The summed E-state index contributed by atoms with van der Waals surface area (Å²) >= 11 is 1.89. The molecule has 3 heterocycles. The van der Waals surface area contributed by atoms with Crippen LogP contribution in [0, 0.1) is 5.82 Å². The topological polar surface area (TPSA) is 64.1 Å². The van der Waals surface area contributed by atoms with E-state index in [1.165, 1.54) is 24.5 Å². The van der Waals surface area contributed by atoms with Crippen molar-refractivity contribution >= 4 is 28.7 Å². The van der Waals surface area contributed by atoms with Crippen LogP contribution >= 0.6 is 11.8 Å². The second kappa shape index (κ2) is 6.29. The van der Waals surface area contributed by atoms with Crippen molar-refractivity contribution in [3.05, 3.63) is 35.9 Å². The van der Waals surface area contributed by atoms with E-state index in [0.29, 0.717) is 17.6 Å². The molecule has 2 fully saturated rings. The van der Waals surface area contributed by atoms with Crippen molar-refractivity contribution in [1.82, 2.24) is 15.3 Å². The van der Waals surface area contributed by atoms with Gasteiger partial charge >= 0.3 is 0 Å². The first-order valence-corrected chi connectivity index (χ1v) is 9.24. The summed E-state index contributed by atoms with van der Waals surface area (Å²) in [7, 11) is 0. The molecule has 1 aromatic heterocycles. The monoisotopic (exact) mass is 347 g/mol. The number of nitrogens with one attached hydrogen (secondary N) is 1. The average molecular weight is 347 g/mol. The van der Waals surface area contributed by atoms with Crippen molar-refractivity contribution in [2.75, 3.05) is 18.1 Å². The number of nitrogens with zero attached hydrogens (tertiary/aromatic N) is 2. The molecule has 2 aliphatic rings. The third-order valence-electron chi connectivity index (χ3n) is 4.70. The summed E-state index contributed by atoms with van der Waals surface area (Å²) in [4.78, 5) is 20.7. The summed E-state index contributed by atoms with van der Waals surface area (Å²) in [5.74, 6) is 1.10. The molecule has 4 rings (SSSR count). The number of aromatic nitrogens is 2. The Bertz CT molecular complexity index is 780. The summed E-state index contributed by atoms with van der Waals surface area (Å²) in [5.41, 5.74) is 0.859. The predicted molar refractivity (Wildman–Crippen MR) is 90.6 cm³/mol. The van der Waals surface area contributed by atoms with Crippen LogP contribution in [0.25, 0.3) is 11.0 Å². The van der Waals surface area contributed by atoms with Gasteiger partial charge < -0.3 is 10.1 Å². The highest BCUT2D eigenvalue weighted by atomic mass is 32.2. The van der Waals surface area contributed by atoms with Crippen LogP contribution in [-0.2, 0) is 4.74 Å². The number of rotatable bonds is 2. The molecular weight excluding hydrogens is 329 g/mol. The number of ether oxygens (including phenoxy) is 1. The number of amides is 1. The molecule has 2 aromatic rings. The van der Waals surface area contributed by atoms with Gasteiger partial charge in [0.15, 0.2) is 0 Å². The van der Waals surface area contributed by atoms with Gasteiger partial charge in [0.25, 0.3) is 5.91 Å². The summed E-state index contributed by atoms with van der Waals surface area (Å²) in [5, 5.41) is 2.98. The SMILES string of the molecule is O=C(NC1CCOC2(CCSC2)C1)c1cc2nccnc2cc1F. The number of carbonyl (C=O) groups excluding carboxylic acids is 1. The van der Waals surface area contributed by atoms with E-state index in [-0.39, 0.29) is 17.2 Å². The van der Waals surface area contributed by atoms with Gasteiger partial charge in [0.2, 0.25) is 0 Å². The molecule has 1 amide bonds. The first kappa shape index (κ1) is 15.8. The van der Waals surface area contributed by atoms with E-state index in [1.807, 2.05) is 11.8 Å². The number of thioether (sulfide) groups is 1. The minimum absolute atomic E-state index is 0.0157. The number of fused-ring (bicyclic) bond motifs is 1. The second-order valence-electron chi connectivity index (χ2n) is 6.37. The van der Waals surface area contributed by atoms with Crippen LogP contribution in [0.4, 0.5) is 4.39 Å². The fraction of sp³-hybridized carbons (Fsp3) is 0.471. The molecule has 7 heteroatoms. The van der Waals surface area contributed by atoms with Gasteiger partial charge in [0.05, 0.1) is 22.2 Å². The lowest BCUT2D eigenvalue weighted by atomic mass is 9.89. The maximum atomic E-state index is 14.3. The summed E-state index contributed by atoms with van der Waals surface area (Å²) in [6.45, 7) is 0.636. The predicted octanol–water partition coefficient (Wildman–Crippen LogP) is 2.55. The zero-order valence-corrected chi connectivity index (χ0v) is 13.9. The van der Waals surface area contributed by atoms with Crippen molar-refractivity contribution in [3.63, 3.8) is 0 Å². The highest BCUT2D eigenvalue weighted by Crippen LogP contribution is 2.38. The molecule has 0 radical (unpaired) electrons. The maximum Gasteiger partial charge on any atom is 0.254 e. The molecule has 2 atom stereocenters. The molecule has 0 bridgehead atoms. The Morgan fingerprint density at radius 3 is 2.88 bits per heavy atom. The molecule has 1 spiro atoms. The van der Waals surface area contributed by atoms with Crippen LogP contribution in [0.15, 0.2) is 24.5 Å². The normalized spacial score (nSPS) is 26.8. The lowest BCUT2D eigenvalue weighted by molar-refractivity contribution is -0.0688. The van der Waals surface area contributed by atoms with Crippen LogP contribution in [0.5, 0.6) is 0 Å². The van der Waals surface area contributed by atoms with Gasteiger partial charge in [-0.15, -0.1) is 0 Å². The van der Waals surface area contributed by atoms with Gasteiger partial charge in [-0.05, 0) is 31.1 Å². The molecule has 2 saturated heterocycles. The smallest absolute Gasteiger partial charge is 0.254 e. The summed E-state index contributed by atoms with van der Waals surface area (Å²) in [6, 6.07) is 2.74. The van der Waals surface area contributed by atoms with Crippen molar-refractivity contribution in [2.45, 2.75) is 30.9 Å². The fourth-order valence-corrected chi connectivity index (χ4v) is 4.82. The zero-order valence-electron chi connectivity index (χ0n) is 13.1. The lowest BCUT2D eigenvalue weighted by Crippen LogP contribution is -2.48. The third-order valence-corrected chi connectivity index (χ3v) is 5.92. The van der Waals surface area contributed by atoms with Gasteiger partial charge in [-0.2, -0.15) is 11.8 Å². The van der Waals surface area contributed by atoms with Crippen LogP contribution in [0.2, 0.25) is 0 Å². The largest absolute Gasteiger partial charge is 0.374 e. The number of halogens is 1. The summed E-state index contributed by atoms with van der Waals surface area (Å²) < 4.78 is 20.2. The van der Waals surface area contributed by atoms with E-state index in [4.69, 9.17) is 4.74 Å². The average Bonchev–Trinajstić information content (AvgIpc) is 3.01. The van der Waals surface area contributed by atoms with Crippen LogP contribution in [-0.4, -0.2) is 45.6 Å². The van der Waals surface area contributed by atoms with Gasteiger partial charge in [0, 0.05) is 36.9 Å². The highest BCUT2D eigenvalue weighted by molar-refractivity contribution is 7.99. The third kappa shape index (κ3) is 2.98. The van der Waals surface area contributed by atoms with E-state index >= 15 is 0 Å². The molecule has 126 valence electrons. The number of benzene rings is 1. The Kier molecular flexibility index (Phi) is 4.14. The number of hydrogen-bond donors (Lipinski definition) is 1. The molecule has 0 aliphatic carbocycles. The minimum Gasteiger partial charge on any atom is -0.374 e. The van der Waals surface area contributed by atoms with Crippen molar-refractivity contribution < 1.29 is 13.9 Å². The first-order chi connectivity index (χ1) is 11.7. The van der Waals surface area contributed by atoms with Crippen molar-refractivity contribution in [1.29, 1.82) is 0 Å². The second-order valence-corrected chi connectivity index (χ2v) is 7.48. The first-order valence-electron chi connectivity index (χ1n) is 8.08. The Balaban J connectivity index is 1.52. The molecule has 1 N–H and O–H groups in total. The zero-order chi connectivity index (χ0) is 16.6. The Hall–Kier alpha value is -1.73. The quantitative estimate of drug-likeness (QED) is 0.904. The van der Waals surface area contributed by atoms with Gasteiger partial charge in [0.1, 0.15) is 5.82 Å². The molecule has 2 aliphatic heterocycles. The van der Waals surface area contributed by atoms with E-state index in [0.717, 1.165) is 30.8 Å². The Morgan fingerprint density at radius 1 is 1.33 bits per heavy atom. The number of hydrogen-bond acceptors (Lipinski definition) is 5. The molecule has 0 saturated carbocycles. The maximum absolute atomic E-state index is 14.3. The van der Waals surface area contributed by atoms with E-state index in [2.05, 4.69) is 15.3 Å². The number of carbonyl (C=O) groups is 1. The van der Waals surface area contributed by atoms with Crippen LogP contribution in [0.1, 0.15) is 29.6 Å². The van der Waals surface area contributed by atoms with E-state index in [1.54, 1.807) is 0 Å². The fourth-order valence-electron chi connectivity index (χ4n) is 3.44. The molecule has 2 unspecified atom stereocenters. The van der Waals surface area contributed by atoms with Crippen LogP contribution < -0.4 is 5.32 Å². The van der Waals surface area contributed by atoms with Gasteiger partial charge in [-0.25, -0.2) is 4.39 Å². The van der Waals surface area contributed by atoms with E-state index < -0.39 is 11.7 Å². The summed E-state index contributed by atoms with van der Waals surface area (Å²) in [6.07, 6.45) is 5.60.